The van der Waals surface area contributed by atoms with Gasteiger partial charge in [-0.3, -0.25) is 13.9 Å². The molecular formula is C33H40ClN3O6S. The van der Waals surface area contributed by atoms with Gasteiger partial charge in [-0.1, -0.05) is 60.7 Å². The molecule has 1 saturated carbocycles. The summed E-state index contributed by atoms with van der Waals surface area (Å²) in [5.74, 6) is 0.128. The summed E-state index contributed by atoms with van der Waals surface area (Å²) in [6, 6.07) is 17.3. The summed E-state index contributed by atoms with van der Waals surface area (Å²) < 4.78 is 39.8. The number of ether oxygens (including phenoxy) is 2. The van der Waals surface area contributed by atoms with Gasteiger partial charge in [-0.05, 0) is 74.7 Å². The van der Waals surface area contributed by atoms with Gasteiger partial charge in [0.15, 0.2) is 0 Å². The predicted molar refractivity (Wildman–Crippen MR) is 172 cm³/mol. The molecule has 236 valence electrons. The molecule has 0 bridgehead atoms. The number of carbonyl (C=O) groups is 2. The van der Waals surface area contributed by atoms with E-state index in [-0.39, 0.29) is 34.1 Å². The van der Waals surface area contributed by atoms with Crippen molar-refractivity contribution in [3.63, 3.8) is 0 Å². The Labute approximate surface area is 265 Å². The largest absolute Gasteiger partial charge is 0.497 e. The monoisotopic (exact) mass is 641 g/mol. The van der Waals surface area contributed by atoms with Gasteiger partial charge in [0, 0.05) is 12.6 Å². The lowest BCUT2D eigenvalue weighted by atomic mass is 9.95. The number of sulfonamides is 1. The second kappa shape index (κ2) is 14.8. The molecule has 0 saturated heterocycles. The van der Waals surface area contributed by atoms with Crippen LogP contribution in [0.4, 0.5) is 5.69 Å². The van der Waals surface area contributed by atoms with Crippen molar-refractivity contribution in [3.8, 4) is 11.5 Å². The number of anilines is 1. The van der Waals surface area contributed by atoms with E-state index in [0.717, 1.165) is 47.5 Å². The summed E-state index contributed by atoms with van der Waals surface area (Å²) in [5.41, 5.74) is 1.81. The minimum absolute atomic E-state index is 0.0188. The average Bonchev–Trinajstić information content (AvgIpc) is 3.02. The van der Waals surface area contributed by atoms with E-state index in [9.17, 15) is 18.0 Å². The number of aryl methyl sites for hydroxylation is 1. The van der Waals surface area contributed by atoms with E-state index in [1.807, 2.05) is 13.0 Å². The first kappa shape index (κ1) is 33.1. The van der Waals surface area contributed by atoms with Crippen molar-refractivity contribution >= 4 is 39.1 Å². The van der Waals surface area contributed by atoms with Crippen LogP contribution in [-0.2, 0) is 26.2 Å². The summed E-state index contributed by atoms with van der Waals surface area (Å²) in [5, 5.41) is 3.30. The summed E-state index contributed by atoms with van der Waals surface area (Å²) >= 11 is 6.40. The van der Waals surface area contributed by atoms with Gasteiger partial charge >= 0.3 is 0 Å². The normalized spacial score (nSPS) is 14.4. The van der Waals surface area contributed by atoms with Crippen molar-refractivity contribution in [2.24, 2.45) is 0 Å². The Morgan fingerprint density at radius 2 is 1.68 bits per heavy atom. The first-order chi connectivity index (χ1) is 21.0. The highest BCUT2D eigenvalue weighted by atomic mass is 35.5. The third-order valence-corrected chi connectivity index (χ3v) is 10.0. The van der Waals surface area contributed by atoms with Crippen LogP contribution in [0.25, 0.3) is 0 Å². The predicted octanol–water partition coefficient (Wildman–Crippen LogP) is 5.73. The minimum Gasteiger partial charge on any atom is -0.497 e. The standard InChI is InChI=1S/C33H40ClN3O6S/c1-23-13-16-29(17-14-23)44(40,41)37(27-15-18-31(43-4)30(34)20-27)22-32(38)36(21-25-9-8-12-28(19-25)42-3)24(2)33(39)35-26-10-6-5-7-11-26/h8-9,12-20,24,26H,5-7,10-11,21-22H2,1-4H3,(H,35,39). The van der Waals surface area contributed by atoms with Gasteiger partial charge in [-0.25, -0.2) is 8.42 Å². The van der Waals surface area contributed by atoms with E-state index in [1.54, 1.807) is 50.4 Å². The van der Waals surface area contributed by atoms with E-state index in [2.05, 4.69) is 5.32 Å². The topological polar surface area (TPSA) is 105 Å². The number of amides is 2. The Hall–Kier alpha value is -3.76. The van der Waals surface area contributed by atoms with Crippen molar-refractivity contribution in [3.05, 3.63) is 82.9 Å². The van der Waals surface area contributed by atoms with Gasteiger partial charge in [0.25, 0.3) is 10.0 Å². The number of hydrogen-bond acceptors (Lipinski definition) is 6. The van der Waals surface area contributed by atoms with Crippen molar-refractivity contribution in [2.75, 3.05) is 25.1 Å². The van der Waals surface area contributed by atoms with Crippen LogP contribution < -0.4 is 19.1 Å². The smallest absolute Gasteiger partial charge is 0.264 e. The third kappa shape index (κ3) is 8.04. The van der Waals surface area contributed by atoms with Crippen LogP contribution in [0.3, 0.4) is 0 Å². The maximum atomic E-state index is 14.2. The van der Waals surface area contributed by atoms with E-state index < -0.39 is 28.5 Å². The zero-order chi connectivity index (χ0) is 31.9. The SMILES string of the molecule is COc1cccc(CN(C(=O)CN(c2ccc(OC)c(Cl)c2)S(=O)(=O)c2ccc(C)cc2)C(C)C(=O)NC2CCCCC2)c1. The molecular weight excluding hydrogens is 602 g/mol. The maximum absolute atomic E-state index is 14.2. The highest BCUT2D eigenvalue weighted by molar-refractivity contribution is 7.92. The molecule has 1 fully saturated rings. The maximum Gasteiger partial charge on any atom is 0.264 e. The molecule has 1 aliphatic carbocycles. The fraction of sp³-hybridized carbons (Fsp3) is 0.394. The molecule has 0 aliphatic heterocycles. The van der Waals surface area contributed by atoms with Gasteiger partial charge in [0.2, 0.25) is 11.8 Å². The van der Waals surface area contributed by atoms with Gasteiger partial charge in [0.1, 0.15) is 24.1 Å². The molecule has 4 rings (SSSR count). The Bertz CT molecular complexity index is 1560. The van der Waals surface area contributed by atoms with Gasteiger partial charge in [0.05, 0.1) is 29.8 Å². The lowest BCUT2D eigenvalue weighted by Gasteiger charge is -2.33. The van der Waals surface area contributed by atoms with E-state index in [0.29, 0.717) is 11.5 Å². The molecule has 1 unspecified atom stereocenters. The Morgan fingerprint density at radius 1 is 0.977 bits per heavy atom. The molecule has 2 amide bonds. The number of methoxy groups -OCH3 is 2. The summed E-state index contributed by atoms with van der Waals surface area (Å²) in [6.45, 7) is 3.03. The zero-order valence-electron chi connectivity index (χ0n) is 25.6. The second-order valence-electron chi connectivity index (χ2n) is 11.0. The first-order valence-corrected chi connectivity index (χ1v) is 16.5. The minimum atomic E-state index is -4.22. The highest BCUT2D eigenvalue weighted by Crippen LogP contribution is 2.32. The van der Waals surface area contributed by atoms with Gasteiger partial charge in [-0.2, -0.15) is 0 Å². The molecule has 11 heteroatoms. The van der Waals surface area contributed by atoms with Crippen LogP contribution in [0.5, 0.6) is 11.5 Å². The fourth-order valence-electron chi connectivity index (χ4n) is 5.30. The first-order valence-electron chi connectivity index (χ1n) is 14.7. The van der Waals surface area contributed by atoms with Crippen molar-refractivity contribution in [2.45, 2.75) is 69.5 Å². The molecule has 9 nitrogen and oxygen atoms in total. The van der Waals surface area contributed by atoms with Gasteiger partial charge < -0.3 is 19.7 Å². The average molecular weight is 642 g/mol. The Balaban J connectivity index is 1.71. The Kier molecular flexibility index (Phi) is 11.2. The summed E-state index contributed by atoms with van der Waals surface area (Å²) in [4.78, 5) is 29.1. The summed E-state index contributed by atoms with van der Waals surface area (Å²) in [6.07, 6.45) is 5.01. The van der Waals surface area contributed by atoms with Gasteiger partial charge in [-0.15, -0.1) is 0 Å². The van der Waals surface area contributed by atoms with Crippen molar-refractivity contribution in [1.29, 1.82) is 0 Å². The number of hydrogen-bond donors (Lipinski definition) is 1. The molecule has 1 aliphatic rings. The van der Waals surface area contributed by atoms with Crippen LogP contribution in [0.15, 0.2) is 71.6 Å². The molecule has 0 heterocycles. The lowest BCUT2D eigenvalue weighted by molar-refractivity contribution is -0.139. The number of rotatable bonds is 12. The fourth-order valence-corrected chi connectivity index (χ4v) is 6.95. The quantitative estimate of drug-likeness (QED) is 0.271. The highest BCUT2D eigenvalue weighted by Gasteiger charge is 2.33. The van der Waals surface area contributed by atoms with Crippen LogP contribution >= 0.6 is 11.6 Å². The van der Waals surface area contributed by atoms with E-state index >= 15 is 0 Å². The van der Waals surface area contributed by atoms with Crippen LogP contribution in [0.1, 0.15) is 50.2 Å². The molecule has 1 atom stereocenters. The molecule has 3 aromatic carbocycles. The van der Waals surface area contributed by atoms with E-state index in [4.69, 9.17) is 21.1 Å². The lowest BCUT2D eigenvalue weighted by Crippen LogP contribution is -2.53. The molecule has 0 radical (unpaired) electrons. The Morgan fingerprint density at radius 3 is 2.32 bits per heavy atom. The third-order valence-electron chi connectivity index (χ3n) is 7.92. The number of halogens is 1. The zero-order valence-corrected chi connectivity index (χ0v) is 27.2. The molecule has 0 aromatic heterocycles. The second-order valence-corrected chi connectivity index (χ2v) is 13.3. The van der Waals surface area contributed by atoms with Crippen molar-refractivity contribution < 1.29 is 27.5 Å². The van der Waals surface area contributed by atoms with Crippen LogP contribution in [0.2, 0.25) is 5.02 Å². The van der Waals surface area contributed by atoms with E-state index in [1.165, 1.54) is 36.3 Å². The molecule has 44 heavy (non-hydrogen) atoms. The summed E-state index contributed by atoms with van der Waals surface area (Å²) in [7, 11) is -1.21. The number of nitrogens with zero attached hydrogens (tertiary/aromatic N) is 2. The van der Waals surface area contributed by atoms with Crippen LogP contribution in [-0.4, -0.2) is 58.0 Å². The number of carbonyl (C=O) groups excluding carboxylic acids is 2. The van der Waals surface area contributed by atoms with Crippen LogP contribution in [0, 0.1) is 6.92 Å². The molecule has 3 aromatic rings. The van der Waals surface area contributed by atoms with Crippen molar-refractivity contribution in [1.82, 2.24) is 10.2 Å². The number of benzene rings is 3. The number of nitrogens with one attached hydrogen (secondary N) is 1. The molecule has 0 spiro atoms. The molecule has 1 N–H and O–H groups in total.